The van der Waals surface area contributed by atoms with Gasteiger partial charge in [0.25, 0.3) is 5.91 Å². The second-order valence-corrected chi connectivity index (χ2v) is 4.75. The largest absolute Gasteiger partial charge is 0.452 e. The molecule has 0 heterocycles. The van der Waals surface area contributed by atoms with E-state index in [4.69, 9.17) is 4.74 Å². The van der Waals surface area contributed by atoms with Gasteiger partial charge < -0.3 is 10.1 Å². The fourth-order valence-corrected chi connectivity index (χ4v) is 2.20. The van der Waals surface area contributed by atoms with Crippen LogP contribution in [-0.4, -0.2) is 24.5 Å². The van der Waals surface area contributed by atoms with E-state index in [2.05, 4.69) is 5.32 Å². The molecule has 1 aliphatic carbocycles. The highest BCUT2D eigenvalue weighted by Gasteiger charge is 2.19. The van der Waals surface area contributed by atoms with E-state index in [1.165, 1.54) is 0 Å². The molecule has 1 saturated carbocycles. The first-order valence-corrected chi connectivity index (χ1v) is 6.48. The van der Waals surface area contributed by atoms with Gasteiger partial charge in [-0.1, -0.05) is 12.8 Å². The van der Waals surface area contributed by atoms with Gasteiger partial charge in [0, 0.05) is 12.1 Å². The number of nitrogens with one attached hydrogen (secondary N) is 1. The van der Waals surface area contributed by atoms with Crippen LogP contribution in [0, 0.1) is 11.6 Å². The Morgan fingerprint density at radius 3 is 2.60 bits per heavy atom. The number of hydrogen-bond donors (Lipinski definition) is 1. The lowest BCUT2D eigenvalue weighted by molar-refractivity contribution is -0.124. The third-order valence-electron chi connectivity index (χ3n) is 3.21. The van der Waals surface area contributed by atoms with Gasteiger partial charge in [-0.3, -0.25) is 4.79 Å². The average molecular weight is 283 g/mol. The van der Waals surface area contributed by atoms with Crippen LogP contribution in [-0.2, 0) is 9.53 Å². The molecular formula is C14H15F2NO3. The van der Waals surface area contributed by atoms with Gasteiger partial charge >= 0.3 is 5.97 Å². The van der Waals surface area contributed by atoms with Crippen molar-refractivity contribution in [2.75, 3.05) is 6.61 Å². The first kappa shape index (κ1) is 14.4. The van der Waals surface area contributed by atoms with Crippen LogP contribution < -0.4 is 5.32 Å². The van der Waals surface area contributed by atoms with Crippen LogP contribution in [0.5, 0.6) is 0 Å². The Bertz CT molecular complexity index is 513. The molecule has 1 amide bonds. The highest BCUT2D eigenvalue weighted by atomic mass is 19.1. The monoisotopic (exact) mass is 283 g/mol. The SMILES string of the molecule is O=C(COC(=O)c1ccc(F)cc1F)NC1CCCC1. The van der Waals surface area contributed by atoms with Gasteiger partial charge in [0.15, 0.2) is 6.61 Å². The van der Waals surface area contributed by atoms with Gasteiger partial charge in [0.2, 0.25) is 0 Å². The van der Waals surface area contributed by atoms with Crippen molar-refractivity contribution in [3.05, 3.63) is 35.4 Å². The lowest BCUT2D eigenvalue weighted by atomic mass is 10.2. The molecule has 4 nitrogen and oxygen atoms in total. The molecule has 2 rings (SSSR count). The van der Waals surface area contributed by atoms with Crippen molar-refractivity contribution in [2.24, 2.45) is 0 Å². The Balaban J connectivity index is 1.83. The summed E-state index contributed by atoms with van der Waals surface area (Å²) < 4.78 is 30.7. The number of ether oxygens (including phenoxy) is 1. The maximum atomic E-state index is 13.3. The molecule has 0 bridgehead atoms. The van der Waals surface area contributed by atoms with Gasteiger partial charge in [-0.15, -0.1) is 0 Å². The summed E-state index contributed by atoms with van der Waals surface area (Å²) in [6.45, 7) is -0.466. The predicted molar refractivity (Wildman–Crippen MR) is 67.0 cm³/mol. The molecule has 0 atom stereocenters. The van der Waals surface area contributed by atoms with Gasteiger partial charge in [-0.2, -0.15) is 0 Å². The van der Waals surface area contributed by atoms with Crippen molar-refractivity contribution in [2.45, 2.75) is 31.7 Å². The first-order chi connectivity index (χ1) is 9.56. The Morgan fingerprint density at radius 2 is 1.95 bits per heavy atom. The van der Waals surface area contributed by atoms with Crippen LogP contribution in [0.2, 0.25) is 0 Å². The van der Waals surface area contributed by atoms with E-state index in [1.54, 1.807) is 0 Å². The zero-order chi connectivity index (χ0) is 14.5. The van der Waals surface area contributed by atoms with Crippen molar-refractivity contribution < 1.29 is 23.1 Å². The lowest BCUT2D eigenvalue weighted by Gasteiger charge is -2.12. The summed E-state index contributed by atoms with van der Waals surface area (Å²) in [4.78, 5) is 23.1. The van der Waals surface area contributed by atoms with E-state index >= 15 is 0 Å². The summed E-state index contributed by atoms with van der Waals surface area (Å²) >= 11 is 0. The Hall–Kier alpha value is -1.98. The molecule has 1 aliphatic rings. The van der Waals surface area contributed by atoms with Crippen LogP contribution in [0.25, 0.3) is 0 Å². The highest BCUT2D eigenvalue weighted by molar-refractivity contribution is 5.91. The number of carbonyl (C=O) groups is 2. The topological polar surface area (TPSA) is 55.4 Å². The number of rotatable bonds is 4. The lowest BCUT2D eigenvalue weighted by Crippen LogP contribution is -2.36. The zero-order valence-corrected chi connectivity index (χ0v) is 10.8. The molecule has 1 aromatic rings. The molecule has 1 N–H and O–H groups in total. The summed E-state index contributed by atoms with van der Waals surface area (Å²) in [5, 5.41) is 2.74. The summed E-state index contributed by atoms with van der Waals surface area (Å²) in [6.07, 6.45) is 4.00. The standard InChI is InChI=1S/C14H15F2NO3/c15-9-5-6-11(12(16)7-9)14(19)20-8-13(18)17-10-3-1-2-4-10/h5-7,10H,1-4,8H2,(H,17,18). The number of carbonyl (C=O) groups excluding carboxylic acids is 2. The second-order valence-electron chi connectivity index (χ2n) is 4.75. The molecule has 0 aliphatic heterocycles. The quantitative estimate of drug-likeness (QED) is 0.862. The summed E-state index contributed by atoms with van der Waals surface area (Å²) in [7, 11) is 0. The van der Waals surface area contributed by atoms with E-state index in [9.17, 15) is 18.4 Å². The Labute approximate surface area is 115 Å². The summed E-state index contributed by atoms with van der Waals surface area (Å²) in [6, 6.07) is 2.67. The molecule has 0 saturated heterocycles. The second kappa shape index (κ2) is 6.45. The van der Waals surface area contributed by atoms with Gasteiger partial charge in [-0.05, 0) is 25.0 Å². The van der Waals surface area contributed by atoms with Crippen LogP contribution in [0.1, 0.15) is 36.0 Å². The maximum absolute atomic E-state index is 13.3. The zero-order valence-electron chi connectivity index (χ0n) is 10.8. The van der Waals surface area contributed by atoms with E-state index in [1.807, 2.05) is 0 Å². The smallest absolute Gasteiger partial charge is 0.341 e. The molecule has 6 heteroatoms. The van der Waals surface area contributed by atoms with Crippen LogP contribution in [0.15, 0.2) is 18.2 Å². The third-order valence-corrected chi connectivity index (χ3v) is 3.21. The van der Waals surface area contributed by atoms with Crippen LogP contribution in [0.4, 0.5) is 8.78 Å². The first-order valence-electron chi connectivity index (χ1n) is 6.48. The third kappa shape index (κ3) is 3.76. The number of halogens is 2. The minimum absolute atomic E-state index is 0.128. The fraction of sp³-hybridized carbons (Fsp3) is 0.429. The minimum atomic E-state index is -1.01. The maximum Gasteiger partial charge on any atom is 0.341 e. The molecule has 0 unspecified atom stereocenters. The van der Waals surface area contributed by atoms with Crippen molar-refractivity contribution in [1.29, 1.82) is 0 Å². The molecule has 1 aromatic carbocycles. The van der Waals surface area contributed by atoms with E-state index < -0.39 is 30.1 Å². The predicted octanol–water partition coefficient (Wildman–Crippen LogP) is 2.18. The Morgan fingerprint density at radius 1 is 1.25 bits per heavy atom. The molecule has 0 radical (unpaired) electrons. The average Bonchev–Trinajstić information content (AvgIpc) is 2.89. The summed E-state index contributed by atoms with van der Waals surface area (Å²) in [5.41, 5.74) is -0.389. The normalized spacial score (nSPS) is 15.1. The van der Waals surface area contributed by atoms with Crippen LogP contribution >= 0.6 is 0 Å². The number of hydrogen-bond acceptors (Lipinski definition) is 3. The molecule has 0 spiro atoms. The van der Waals surface area contributed by atoms with Crippen LogP contribution in [0.3, 0.4) is 0 Å². The number of benzene rings is 1. The van der Waals surface area contributed by atoms with Gasteiger partial charge in [0.1, 0.15) is 11.6 Å². The number of amides is 1. The molecule has 0 aromatic heterocycles. The fourth-order valence-electron chi connectivity index (χ4n) is 2.20. The molecule has 108 valence electrons. The van der Waals surface area contributed by atoms with Crippen molar-refractivity contribution in [3.63, 3.8) is 0 Å². The van der Waals surface area contributed by atoms with Crippen molar-refractivity contribution in [3.8, 4) is 0 Å². The van der Waals surface area contributed by atoms with Crippen molar-refractivity contribution in [1.82, 2.24) is 5.32 Å². The number of esters is 1. The molecular weight excluding hydrogens is 268 g/mol. The minimum Gasteiger partial charge on any atom is -0.452 e. The highest BCUT2D eigenvalue weighted by Crippen LogP contribution is 2.17. The van der Waals surface area contributed by atoms with E-state index in [0.717, 1.165) is 37.8 Å². The Kier molecular flexibility index (Phi) is 4.65. The molecule has 20 heavy (non-hydrogen) atoms. The molecule has 1 fully saturated rings. The van der Waals surface area contributed by atoms with E-state index in [0.29, 0.717) is 6.07 Å². The summed E-state index contributed by atoms with van der Waals surface area (Å²) in [5.74, 6) is -3.18. The van der Waals surface area contributed by atoms with E-state index in [-0.39, 0.29) is 11.6 Å². The van der Waals surface area contributed by atoms with Gasteiger partial charge in [-0.25, -0.2) is 13.6 Å². The van der Waals surface area contributed by atoms with Crippen molar-refractivity contribution >= 4 is 11.9 Å². The van der Waals surface area contributed by atoms with Gasteiger partial charge in [0.05, 0.1) is 5.56 Å².